The van der Waals surface area contributed by atoms with Crippen molar-refractivity contribution in [2.45, 2.75) is 33.7 Å². The third-order valence-electron chi connectivity index (χ3n) is 5.53. The summed E-state index contributed by atoms with van der Waals surface area (Å²) in [5.41, 5.74) is 5.09. The van der Waals surface area contributed by atoms with Crippen molar-refractivity contribution in [2.75, 3.05) is 19.8 Å². The zero-order valence-corrected chi connectivity index (χ0v) is 17.2. The molecule has 1 aliphatic heterocycles. The molecule has 5 nitrogen and oxygen atoms in total. The number of ether oxygens (including phenoxy) is 2. The highest BCUT2D eigenvalue weighted by Crippen LogP contribution is 2.31. The molecular formula is C24H26N2O3. The lowest BCUT2D eigenvalue weighted by Gasteiger charge is -2.24. The lowest BCUT2D eigenvalue weighted by molar-refractivity contribution is -0.130. The minimum absolute atomic E-state index is 0.102. The van der Waals surface area contributed by atoms with Gasteiger partial charge in [0.1, 0.15) is 13.2 Å². The minimum Gasteiger partial charge on any atom is -0.486 e. The van der Waals surface area contributed by atoms with Gasteiger partial charge in [-0.05, 0) is 55.7 Å². The fraction of sp³-hybridized carbons (Fsp3) is 0.333. The molecule has 2 aromatic carbocycles. The highest BCUT2D eigenvalue weighted by Gasteiger charge is 2.19. The van der Waals surface area contributed by atoms with Gasteiger partial charge in [-0.15, -0.1) is 0 Å². The van der Waals surface area contributed by atoms with Crippen LogP contribution < -0.4 is 9.47 Å². The van der Waals surface area contributed by atoms with E-state index in [9.17, 15) is 4.79 Å². The van der Waals surface area contributed by atoms with E-state index in [1.54, 1.807) is 0 Å². The maximum atomic E-state index is 13.1. The number of nitrogens with zero attached hydrogens (tertiary/aromatic N) is 2. The molecule has 1 aliphatic rings. The van der Waals surface area contributed by atoms with E-state index < -0.39 is 0 Å². The van der Waals surface area contributed by atoms with E-state index in [0.717, 1.165) is 44.8 Å². The molecule has 1 aromatic heterocycles. The first-order chi connectivity index (χ1) is 14.1. The molecule has 0 N–H and O–H groups in total. The van der Waals surface area contributed by atoms with Crippen LogP contribution in [0.5, 0.6) is 11.5 Å². The van der Waals surface area contributed by atoms with Crippen LogP contribution in [0, 0.1) is 13.8 Å². The predicted octanol–water partition coefficient (Wildman–Crippen LogP) is 4.21. The number of hydrogen-bond acceptors (Lipinski definition) is 4. The molecule has 0 atom stereocenters. The molecule has 0 spiro atoms. The van der Waals surface area contributed by atoms with Crippen LogP contribution in [0.25, 0.3) is 10.9 Å². The molecule has 0 unspecified atom stereocenters. The molecule has 0 radical (unpaired) electrons. The van der Waals surface area contributed by atoms with Crippen molar-refractivity contribution < 1.29 is 14.3 Å². The normalized spacial score (nSPS) is 12.8. The second kappa shape index (κ2) is 8.11. The number of aryl methyl sites for hydroxylation is 2. The summed E-state index contributed by atoms with van der Waals surface area (Å²) in [7, 11) is 0. The number of para-hydroxylation sites is 1. The van der Waals surface area contributed by atoms with E-state index in [1.165, 1.54) is 0 Å². The molecule has 29 heavy (non-hydrogen) atoms. The zero-order valence-electron chi connectivity index (χ0n) is 17.2. The van der Waals surface area contributed by atoms with E-state index in [-0.39, 0.29) is 5.91 Å². The van der Waals surface area contributed by atoms with Gasteiger partial charge in [0.15, 0.2) is 11.5 Å². The Labute approximate surface area is 171 Å². The van der Waals surface area contributed by atoms with E-state index in [0.29, 0.717) is 32.7 Å². The van der Waals surface area contributed by atoms with Crippen LogP contribution in [-0.2, 0) is 17.8 Å². The van der Waals surface area contributed by atoms with Gasteiger partial charge < -0.3 is 14.4 Å². The summed E-state index contributed by atoms with van der Waals surface area (Å²) >= 11 is 0. The number of hydrogen-bond donors (Lipinski definition) is 0. The highest BCUT2D eigenvalue weighted by atomic mass is 16.6. The van der Waals surface area contributed by atoms with Crippen molar-refractivity contribution in [3.05, 3.63) is 64.8 Å². The molecule has 0 aliphatic carbocycles. The first-order valence-electron chi connectivity index (χ1n) is 10.1. The van der Waals surface area contributed by atoms with Gasteiger partial charge in [0, 0.05) is 24.2 Å². The maximum absolute atomic E-state index is 13.1. The number of fused-ring (bicyclic) bond motifs is 2. The minimum atomic E-state index is 0.102. The topological polar surface area (TPSA) is 51.7 Å². The number of benzene rings is 2. The number of likely N-dealkylation sites (N-methyl/N-ethyl adjacent to an activating group) is 1. The SMILES string of the molecule is CCN(Cc1ccc2c(c1)OCCO2)C(=O)Cc1c(C)nc2ccccc2c1C. The molecule has 0 fully saturated rings. The Morgan fingerprint density at radius 1 is 1.07 bits per heavy atom. The van der Waals surface area contributed by atoms with E-state index in [4.69, 9.17) is 14.5 Å². The molecule has 2 heterocycles. The van der Waals surface area contributed by atoms with Gasteiger partial charge in [0.2, 0.25) is 5.91 Å². The van der Waals surface area contributed by atoms with Crippen molar-refractivity contribution in [3.63, 3.8) is 0 Å². The summed E-state index contributed by atoms with van der Waals surface area (Å²) in [6, 6.07) is 14.0. The number of pyridine rings is 1. The molecular weight excluding hydrogens is 364 g/mol. The second-order valence-electron chi connectivity index (χ2n) is 7.38. The number of carbonyl (C=O) groups excluding carboxylic acids is 1. The summed E-state index contributed by atoms with van der Waals surface area (Å²) in [6.45, 7) is 8.40. The monoisotopic (exact) mass is 390 g/mol. The van der Waals surface area contributed by atoms with Gasteiger partial charge in [0.25, 0.3) is 0 Å². The summed E-state index contributed by atoms with van der Waals surface area (Å²) in [6.07, 6.45) is 0.355. The Morgan fingerprint density at radius 3 is 2.62 bits per heavy atom. The molecule has 0 saturated carbocycles. The Morgan fingerprint density at radius 2 is 1.83 bits per heavy atom. The number of aromatic nitrogens is 1. The third-order valence-corrected chi connectivity index (χ3v) is 5.53. The second-order valence-corrected chi connectivity index (χ2v) is 7.38. The van der Waals surface area contributed by atoms with Gasteiger partial charge in [-0.2, -0.15) is 0 Å². The van der Waals surface area contributed by atoms with E-state index in [1.807, 2.05) is 55.1 Å². The van der Waals surface area contributed by atoms with Gasteiger partial charge in [-0.3, -0.25) is 9.78 Å². The standard InChI is InChI=1S/C24H26N2O3/c1-4-26(15-18-9-10-22-23(13-18)29-12-11-28-22)24(27)14-20-16(2)19-7-5-6-8-21(19)25-17(20)3/h5-10,13H,4,11-12,14-15H2,1-3H3. The van der Waals surface area contributed by atoms with Crippen LogP contribution in [0.3, 0.4) is 0 Å². The summed E-state index contributed by atoms with van der Waals surface area (Å²) in [4.78, 5) is 19.7. The Bertz CT molecular complexity index is 1060. The summed E-state index contributed by atoms with van der Waals surface area (Å²) < 4.78 is 11.3. The molecule has 3 aromatic rings. The largest absolute Gasteiger partial charge is 0.486 e. The average Bonchev–Trinajstić information content (AvgIpc) is 2.74. The number of carbonyl (C=O) groups is 1. The molecule has 5 heteroatoms. The lowest BCUT2D eigenvalue weighted by Crippen LogP contribution is -2.32. The Balaban J connectivity index is 1.55. The summed E-state index contributed by atoms with van der Waals surface area (Å²) in [5, 5.41) is 1.11. The van der Waals surface area contributed by atoms with Gasteiger partial charge in [-0.1, -0.05) is 24.3 Å². The van der Waals surface area contributed by atoms with Crippen molar-refractivity contribution in [1.29, 1.82) is 0 Å². The van der Waals surface area contributed by atoms with E-state index >= 15 is 0 Å². The van der Waals surface area contributed by atoms with Gasteiger partial charge in [0.05, 0.1) is 11.9 Å². The number of amides is 1. The van der Waals surface area contributed by atoms with Crippen molar-refractivity contribution >= 4 is 16.8 Å². The predicted molar refractivity (Wildman–Crippen MR) is 113 cm³/mol. The quantitative estimate of drug-likeness (QED) is 0.655. The summed E-state index contributed by atoms with van der Waals surface area (Å²) in [5.74, 6) is 1.62. The van der Waals surface area contributed by atoms with Gasteiger partial charge >= 0.3 is 0 Å². The Kier molecular flexibility index (Phi) is 5.38. The third kappa shape index (κ3) is 3.90. The van der Waals surface area contributed by atoms with Crippen LogP contribution in [0.2, 0.25) is 0 Å². The smallest absolute Gasteiger partial charge is 0.227 e. The molecule has 4 rings (SSSR count). The van der Waals surface area contributed by atoms with Crippen molar-refractivity contribution in [1.82, 2.24) is 9.88 Å². The molecule has 0 bridgehead atoms. The van der Waals surface area contributed by atoms with Crippen LogP contribution in [0.15, 0.2) is 42.5 Å². The van der Waals surface area contributed by atoms with Crippen molar-refractivity contribution in [3.8, 4) is 11.5 Å². The maximum Gasteiger partial charge on any atom is 0.227 e. The van der Waals surface area contributed by atoms with Crippen LogP contribution in [-0.4, -0.2) is 35.5 Å². The fourth-order valence-electron chi connectivity index (χ4n) is 3.88. The molecule has 150 valence electrons. The highest BCUT2D eigenvalue weighted by molar-refractivity contribution is 5.86. The van der Waals surface area contributed by atoms with Crippen LogP contribution in [0.1, 0.15) is 29.3 Å². The zero-order chi connectivity index (χ0) is 20.4. The number of rotatable bonds is 5. The van der Waals surface area contributed by atoms with E-state index in [2.05, 4.69) is 13.0 Å². The first-order valence-corrected chi connectivity index (χ1v) is 10.1. The van der Waals surface area contributed by atoms with Crippen LogP contribution in [0.4, 0.5) is 0 Å². The first kappa shape index (κ1) is 19.2. The molecule has 0 saturated heterocycles. The molecule has 1 amide bonds. The lowest BCUT2D eigenvalue weighted by atomic mass is 9.99. The Hall–Kier alpha value is -3.08. The van der Waals surface area contributed by atoms with Crippen molar-refractivity contribution in [2.24, 2.45) is 0 Å². The fourth-order valence-corrected chi connectivity index (χ4v) is 3.88. The van der Waals surface area contributed by atoms with Crippen LogP contribution >= 0.6 is 0 Å². The average molecular weight is 390 g/mol. The van der Waals surface area contributed by atoms with Gasteiger partial charge in [-0.25, -0.2) is 0 Å².